The lowest BCUT2D eigenvalue weighted by atomic mass is 10.5. The molecular weight excluding hydrogens is 232 g/mol. The van der Waals surface area contributed by atoms with Crippen LogP contribution in [0.3, 0.4) is 0 Å². The Morgan fingerprint density at radius 3 is 2.93 bits per heavy atom. The van der Waals surface area contributed by atoms with Gasteiger partial charge in [-0.2, -0.15) is 9.36 Å². The van der Waals surface area contributed by atoms with Gasteiger partial charge in [0.05, 0.1) is 0 Å². The number of rotatable bonds is 3. The zero-order valence-electron chi connectivity index (χ0n) is 8.48. The van der Waals surface area contributed by atoms with E-state index in [1.165, 1.54) is 23.3 Å². The Labute approximate surface area is 96.2 Å². The summed E-state index contributed by atoms with van der Waals surface area (Å²) in [6.45, 7) is 2.11. The van der Waals surface area contributed by atoms with E-state index in [1.54, 1.807) is 0 Å². The number of carbonyl (C=O) groups is 1. The van der Waals surface area contributed by atoms with E-state index in [0.29, 0.717) is 22.2 Å². The monoisotopic (exact) mass is 244 g/mol. The Morgan fingerprint density at radius 2 is 2.40 bits per heavy atom. The summed E-state index contributed by atoms with van der Waals surface area (Å²) in [5.41, 5.74) is 0. The Kier molecular flexibility index (Phi) is 3.11. The van der Waals surface area contributed by atoms with Crippen LogP contribution in [0.5, 0.6) is 0 Å². The molecule has 2 rings (SSSR count). The van der Waals surface area contributed by atoms with E-state index in [2.05, 4.69) is 26.9 Å². The van der Waals surface area contributed by atoms with Crippen LogP contribution in [0.1, 0.15) is 13.3 Å². The van der Waals surface area contributed by atoms with Gasteiger partial charge in [-0.15, -0.1) is 0 Å². The Hall–Kier alpha value is -0.820. The highest BCUT2D eigenvalue weighted by Gasteiger charge is 2.33. The normalized spacial score (nSPS) is 23.6. The Morgan fingerprint density at radius 1 is 1.67 bits per heavy atom. The maximum absolute atomic E-state index is 11.4. The fourth-order valence-electron chi connectivity index (χ4n) is 1.17. The van der Waals surface area contributed by atoms with Gasteiger partial charge in [-0.25, -0.2) is 4.79 Å². The lowest BCUT2D eigenvalue weighted by molar-refractivity contribution is 0.251. The highest BCUT2D eigenvalue weighted by Crippen LogP contribution is 2.29. The molecule has 1 aliphatic rings. The quantitative estimate of drug-likeness (QED) is 0.795. The zero-order valence-corrected chi connectivity index (χ0v) is 10.1. The molecule has 0 unspecified atom stereocenters. The minimum atomic E-state index is -0.187. The van der Waals surface area contributed by atoms with Gasteiger partial charge in [-0.3, -0.25) is 5.32 Å². The van der Waals surface area contributed by atoms with Gasteiger partial charge >= 0.3 is 6.03 Å². The van der Waals surface area contributed by atoms with Crippen molar-refractivity contribution in [3.05, 3.63) is 0 Å². The van der Waals surface area contributed by atoms with E-state index in [0.717, 1.165) is 6.42 Å². The van der Waals surface area contributed by atoms with Crippen LogP contribution in [0.25, 0.3) is 0 Å². The standard InChI is InChI=1S/C8H12N4OS2/c1-4-3-5(4)9-6(13)10-7-11-8(14-2)12-15-7/h4-5H,3H2,1-2H3,(H2,9,10,11,12,13)/t4-,5+/m1/s1. The summed E-state index contributed by atoms with van der Waals surface area (Å²) in [6.07, 6.45) is 2.97. The molecule has 15 heavy (non-hydrogen) atoms. The summed E-state index contributed by atoms with van der Waals surface area (Å²) in [7, 11) is 0. The molecule has 0 bridgehead atoms. The number of hydrogen-bond acceptors (Lipinski definition) is 5. The number of anilines is 1. The number of carbonyl (C=O) groups excluding carboxylic acids is 1. The summed E-state index contributed by atoms with van der Waals surface area (Å²) in [5.74, 6) is 0.604. The molecule has 0 radical (unpaired) electrons. The van der Waals surface area contributed by atoms with Crippen LogP contribution >= 0.6 is 23.3 Å². The van der Waals surface area contributed by atoms with Gasteiger partial charge in [0.2, 0.25) is 10.3 Å². The van der Waals surface area contributed by atoms with Crippen LogP contribution in [0.15, 0.2) is 5.16 Å². The zero-order chi connectivity index (χ0) is 10.8. The number of hydrogen-bond donors (Lipinski definition) is 2. The van der Waals surface area contributed by atoms with Crippen molar-refractivity contribution < 1.29 is 4.79 Å². The van der Waals surface area contributed by atoms with Gasteiger partial charge in [0.15, 0.2) is 0 Å². The van der Waals surface area contributed by atoms with E-state index in [-0.39, 0.29) is 6.03 Å². The summed E-state index contributed by atoms with van der Waals surface area (Å²) < 4.78 is 4.05. The Balaban J connectivity index is 1.82. The van der Waals surface area contributed by atoms with Crippen molar-refractivity contribution in [2.24, 2.45) is 5.92 Å². The second-order valence-corrected chi connectivity index (χ2v) is 5.03. The third-order valence-corrected chi connectivity index (χ3v) is 3.53. The van der Waals surface area contributed by atoms with Gasteiger partial charge in [-0.1, -0.05) is 18.7 Å². The first-order valence-corrected chi connectivity index (χ1v) is 6.64. The molecule has 0 aliphatic heterocycles. The van der Waals surface area contributed by atoms with Crippen LogP contribution in [-0.4, -0.2) is 27.7 Å². The van der Waals surface area contributed by atoms with Crippen LogP contribution in [0.4, 0.5) is 9.93 Å². The first kappa shape index (κ1) is 10.7. The molecule has 0 aromatic carbocycles. The number of urea groups is 1. The van der Waals surface area contributed by atoms with Crippen LogP contribution in [0, 0.1) is 5.92 Å². The fourth-order valence-corrected chi connectivity index (χ4v) is 2.29. The molecule has 2 N–H and O–H groups in total. The number of amides is 2. The van der Waals surface area contributed by atoms with Crippen LogP contribution < -0.4 is 10.6 Å². The predicted octanol–water partition coefficient (Wildman–Crippen LogP) is 1.79. The summed E-state index contributed by atoms with van der Waals surface area (Å²) >= 11 is 2.66. The molecule has 82 valence electrons. The smallest absolute Gasteiger partial charge is 0.321 e. The molecule has 1 aromatic heterocycles. The predicted molar refractivity (Wildman–Crippen MR) is 61.4 cm³/mol. The van der Waals surface area contributed by atoms with E-state index in [4.69, 9.17) is 0 Å². The van der Waals surface area contributed by atoms with Crippen molar-refractivity contribution in [3.63, 3.8) is 0 Å². The number of nitrogens with one attached hydrogen (secondary N) is 2. The van der Waals surface area contributed by atoms with Gasteiger partial charge in [-0.05, 0) is 18.6 Å². The molecule has 1 saturated carbocycles. The lowest BCUT2D eigenvalue weighted by Crippen LogP contribution is -2.31. The molecule has 1 aromatic rings. The topological polar surface area (TPSA) is 66.9 Å². The molecule has 0 spiro atoms. The van der Waals surface area contributed by atoms with Gasteiger partial charge in [0.1, 0.15) is 0 Å². The second kappa shape index (κ2) is 4.36. The minimum absolute atomic E-state index is 0.187. The number of nitrogens with zero attached hydrogens (tertiary/aromatic N) is 2. The highest BCUT2D eigenvalue weighted by atomic mass is 32.2. The first-order chi connectivity index (χ1) is 7.19. The molecule has 7 heteroatoms. The van der Waals surface area contributed by atoms with Crippen molar-refractivity contribution in [2.45, 2.75) is 24.5 Å². The SMILES string of the molecule is CSc1nsc(NC(=O)N[C@H]2C[C@H]2C)n1. The minimum Gasteiger partial charge on any atom is -0.335 e. The van der Waals surface area contributed by atoms with Crippen molar-refractivity contribution in [2.75, 3.05) is 11.6 Å². The second-order valence-electron chi connectivity index (χ2n) is 3.50. The highest BCUT2D eigenvalue weighted by molar-refractivity contribution is 7.98. The molecule has 0 saturated heterocycles. The lowest BCUT2D eigenvalue weighted by Gasteiger charge is -2.02. The van der Waals surface area contributed by atoms with Gasteiger partial charge < -0.3 is 5.32 Å². The average molecular weight is 244 g/mol. The first-order valence-electron chi connectivity index (χ1n) is 4.64. The summed E-state index contributed by atoms with van der Waals surface area (Å²) in [5, 5.41) is 6.77. The van der Waals surface area contributed by atoms with Crippen LogP contribution in [0.2, 0.25) is 0 Å². The van der Waals surface area contributed by atoms with E-state index in [9.17, 15) is 4.79 Å². The Bertz CT molecular complexity index is 367. The number of thioether (sulfide) groups is 1. The molecular formula is C8H12N4OS2. The molecule has 2 amide bonds. The summed E-state index contributed by atoms with van der Waals surface area (Å²) in [4.78, 5) is 15.5. The molecule has 2 atom stereocenters. The van der Waals surface area contributed by atoms with E-state index in [1.807, 2.05) is 6.26 Å². The van der Waals surface area contributed by atoms with Crippen molar-refractivity contribution in [3.8, 4) is 0 Å². The van der Waals surface area contributed by atoms with E-state index >= 15 is 0 Å². The summed E-state index contributed by atoms with van der Waals surface area (Å²) in [6, 6.07) is 0.145. The van der Waals surface area contributed by atoms with Gasteiger partial charge in [0.25, 0.3) is 0 Å². The van der Waals surface area contributed by atoms with Crippen molar-refractivity contribution >= 4 is 34.5 Å². The van der Waals surface area contributed by atoms with Crippen molar-refractivity contribution in [1.29, 1.82) is 0 Å². The molecule has 5 nitrogen and oxygen atoms in total. The average Bonchev–Trinajstić information content (AvgIpc) is 2.72. The molecule has 1 heterocycles. The van der Waals surface area contributed by atoms with Crippen LogP contribution in [-0.2, 0) is 0 Å². The maximum atomic E-state index is 11.4. The molecule has 1 aliphatic carbocycles. The van der Waals surface area contributed by atoms with Crippen molar-refractivity contribution in [1.82, 2.24) is 14.7 Å². The third kappa shape index (κ3) is 2.82. The fraction of sp³-hybridized carbons (Fsp3) is 0.625. The van der Waals surface area contributed by atoms with E-state index < -0.39 is 0 Å². The van der Waals surface area contributed by atoms with Gasteiger partial charge in [0, 0.05) is 17.6 Å². The maximum Gasteiger partial charge on any atom is 0.321 e. The molecule has 1 fully saturated rings. The number of aromatic nitrogens is 2. The largest absolute Gasteiger partial charge is 0.335 e. The third-order valence-electron chi connectivity index (χ3n) is 2.24.